The van der Waals surface area contributed by atoms with Crippen LogP contribution in [-0.4, -0.2) is 92.1 Å². The number of hydrogen-bond donors (Lipinski definition) is 4. The summed E-state index contributed by atoms with van der Waals surface area (Å²) < 4.78 is 9.63. The van der Waals surface area contributed by atoms with E-state index in [1.165, 1.54) is 25.3 Å². The number of imidazole rings is 2. The minimum Gasteiger partial charge on any atom is -0.453 e. The number of carbonyl (C=O) groups is 4. The van der Waals surface area contributed by atoms with Crippen LogP contribution in [0.1, 0.15) is 88.2 Å². The third-order valence-electron chi connectivity index (χ3n) is 12.9. The average molecular weight is 789 g/mol. The fourth-order valence-corrected chi connectivity index (χ4v) is 9.62. The highest BCUT2D eigenvalue weighted by Crippen LogP contribution is 2.54. The number of piperidine rings is 2. The first-order chi connectivity index (χ1) is 27.9. The summed E-state index contributed by atoms with van der Waals surface area (Å²) in [5, 5.41) is 7.67. The number of aromatic amines is 2. The largest absolute Gasteiger partial charge is 0.453 e. The second-order valence-electron chi connectivity index (χ2n) is 17.4. The van der Waals surface area contributed by atoms with Crippen molar-refractivity contribution in [3.8, 4) is 0 Å². The summed E-state index contributed by atoms with van der Waals surface area (Å²) in [5.41, 5.74) is 6.05. The highest BCUT2D eigenvalue weighted by molar-refractivity contribution is 6.04. The smallest absolute Gasteiger partial charge is 0.407 e. The van der Waals surface area contributed by atoms with Crippen molar-refractivity contribution < 1.29 is 28.7 Å². The van der Waals surface area contributed by atoms with Crippen LogP contribution in [0.25, 0.3) is 32.8 Å². The second-order valence-corrected chi connectivity index (χ2v) is 17.4. The number of benzene rings is 3. The molecule has 0 bridgehead atoms. The number of fused-ring (bicyclic) bond motifs is 6. The Balaban J connectivity index is 0.896. The van der Waals surface area contributed by atoms with Gasteiger partial charge in [0.05, 0.1) is 48.4 Å². The van der Waals surface area contributed by atoms with E-state index in [0.717, 1.165) is 83.0 Å². The van der Waals surface area contributed by atoms with Crippen LogP contribution in [0.2, 0.25) is 0 Å². The number of aryl methyl sites for hydroxylation is 2. The number of likely N-dealkylation sites (tertiary alicyclic amines) is 2. The minimum atomic E-state index is -0.677. The molecular weight excluding hydrogens is 737 g/mol. The van der Waals surface area contributed by atoms with Crippen LogP contribution in [0.3, 0.4) is 0 Å². The Bertz CT molecular complexity index is 2440. The third kappa shape index (κ3) is 6.79. The first-order valence-corrected chi connectivity index (χ1v) is 20.7. The zero-order valence-electron chi connectivity index (χ0n) is 33.9. The van der Waals surface area contributed by atoms with Crippen molar-refractivity contribution >= 4 is 56.8 Å². The molecule has 3 aromatic carbocycles. The Kier molecular flexibility index (Phi) is 9.55. The van der Waals surface area contributed by atoms with Crippen molar-refractivity contribution in [3.05, 3.63) is 71.3 Å². The molecule has 8 atom stereocenters. The number of hydrogen-bond acceptors (Lipinski definition) is 8. The van der Waals surface area contributed by atoms with Crippen molar-refractivity contribution in [1.29, 1.82) is 0 Å². The number of alkyl carbamates (subject to hydrolysis) is 2. The summed E-state index contributed by atoms with van der Waals surface area (Å²) in [5.74, 6) is 2.10. The summed E-state index contributed by atoms with van der Waals surface area (Å²) in [6.45, 7) is 7.72. The van der Waals surface area contributed by atoms with Crippen LogP contribution < -0.4 is 10.6 Å². The van der Waals surface area contributed by atoms with Gasteiger partial charge in [-0.15, -0.1) is 0 Å². The number of carbonyl (C=O) groups excluding carboxylic acids is 4. The van der Waals surface area contributed by atoms with E-state index in [2.05, 4.69) is 69.1 Å². The molecule has 0 radical (unpaired) electrons. The van der Waals surface area contributed by atoms with Gasteiger partial charge >= 0.3 is 12.2 Å². The number of nitrogens with zero attached hydrogens (tertiary/aromatic N) is 4. The van der Waals surface area contributed by atoms with Crippen LogP contribution in [0.5, 0.6) is 0 Å². The Morgan fingerprint density at radius 1 is 0.690 bits per heavy atom. The van der Waals surface area contributed by atoms with Crippen molar-refractivity contribution in [3.63, 3.8) is 0 Å². The van der Waals surface area contributed by atoms with Gasteiger partial charge in [-0.1, -0.05) is 58.0 Å². The number of rotatable bonds is 11. The zero-order chi connectivity index (χ0) is 40.6. The molecule has 4 heterocycles. The molecule has 2 saturated carbocycles. The molecule has 9 rings (SSSR count). The fourth-order valence-electron chi connectivity index (χ4n) is 9.62. The van der Waals surface area contributed by atoms with E-state index in [1.807, 2.05) is 37.5 Å². The molecule has 4 amide bonds. The van der Waals surface area contributed by atoms with E-state index < -0.39 is 24.3 Å². The number of amides is 4. The van der Waals surface area contributed by atoms with E-state index in [-0.39, 0.29) is 47.8 Å². The predicted molar refractivity (Wildman–Crippen MR) is 218 cm³/mol. The monoisotopic (exact) mass is 788 g/mol. The summed E-state index contributed by atoms with van der Waals surface area (Å²) in [4.78, 5) is 73.0. The lowest BCUT2D eigenvalue weighted by Crippen LogP contribution is -2.52. The van der Waals surface area contributed by atoms with E-state index >= 15 is 0 Å². The topological polar surface area (TPSA) is 175 Å². The van der Waals surface area contributed by atoms with Gasteiger partial charge in [-0.3, -0.25) is 9.59 Å². The summed E-state index contributed by atoms with van der Waals surface area (Å²) in [7, 11) is 2.62. The Morgan fingerprint density at radius 3 is 1.79 bits per heavy atom. The molecule has 304 valence electrons. The lowest BCUT2D eigenvalue weighted by molar-refractivity contribution is -0.137. The Morgan fingerprint density at radius 2 is 1.22 bits per heavy atom. The first-order valence-electron chi connectivity index (χ1n) is 20.7. The van der Waals surface area contributed by atoms with Gasteiger partial charge in [0, 0.05) is 17.5 Å². The molecule has 2 saturated heterocycles. The van der Waals surface area contributed by atoms with Gasteiger partial charge in [0.2, 0.25) is 11.8 Å². The molecule has 14 nitrogen and oxygen atoms in total. The van der Waals surface area contributed by atoms with Crippen molar-refractivity contribution in [2.24, 2.45) is 23.7 Å². The lowest BCUT2D eigenvalue weighted by Gasteiger charge is -2.31. The molecule has 0 unspecified atom stereocenters. The molecule has 4 N–H and O–H groups in total. The zero-order valence-corrected chi connectivity index (χ0v) is 33.9. The molecule has 4 fully saturated rings. The molecule has 2 aromatic heterocycles. The normalized spacial score (nSPS) is 24.3. The second kappa shape index (κ2) is 14.6. The predicted octanol–water partition coefficient (Wildman–Crippen LogP) is 6.46. The molecule has 58 heavy (non-hydrogen) atoms. The van der Waals surface area contributed by atoms with Crippen LogP contribution in [0.15, 0.2) is 48.5 Å². The quantitative estimate of drug-likeness (QED) is 0.118. The molecule has 2 aliphatic heterocycles. The maximum atomic E-state index is 13.9. The number of methoxy groups -OCH3 is 2. The van der Waals surface area contributed by atoms with Crippen LogP contribution in [0, 0.1) is 23.7 Å². The number of H-pyrrole nitrogens is 2. The maximum absolute atomic E-state index is 13.9. The Labute approximate surface area is 336 Å². The van der Waals surface area contributed by atoms with Gasteiger partial charge in [0.1, 0.15) is 23.7 Å². The summed E-state index contributed by atoms with van der Waals surface area (Å²) in [6.07, 6.45) is 4.15. The van der Waals surface area contributed by atoms with Crippen molar-refractivity contribution in [1.82, 2.24) is 40.4 Å². The standard InChI is InChI=1S/C44H52N8O6/c1-21(2)36(49-43(55)57-5)41(53)51-32-17-26(32)19-34(51)39-45-29-13-10-24(16-31(29)47-39)8-7-23-9-12-28-25(15-23)11-14-30-38(28)48-40(46-30)35-20-27-18-33(27)52(35)42(54)37(22(3)4)50-44(56)58-6/h9-16,21-22,26-27,32-37H,7-8,17-20H2,1-6H3,(H,45,47)(H,46,48)(H,49,55)(H,50,56)/t26-,27-,32-,33-,34+,35+,36-,37-/m1/s1. The highest BCUT2D eigenvalue weighted by Gasteiger charge is 2.57. The van der Waals surface area contributed by atoms with Crippen molar-refractivity contribution in [2.75, 3.05) is 14.2 Å². The molecular formula is C44H52N8O6. The van der Waals surface area contributed by atoms with E-state index in [1.54, 1.807) is 0 Å². The van der Waals surface area contributed by atoms with Gasteiger partial charge in [-0.25, -0.2) is 19.6 Å². The SMILES string of the molecule is COC(=O)N[C@@H](C(=O)N1[C@@H]2C[C@@H]2C[C@H]1c1nc2ccc(CCc3ccc4c(ccc5[nH]c([C@@H]6C[C@H]7C[C@H]7N6C(=O)[C@H](NC(=O)OC)C(C)C)nc54)c3)cc2[nH]1)C(C)C. The number of ether oxygens (including phenoxy) is 2. The summed E-state index contributed by atoms with van der Waals surface area (Å²) in [6, 6.07) is 15.7. The Hall–Kier alpha value is -5.66. The molecule has 5 aromatic rings. The highest BCUT2D eigenvalue weighted by atomic mass is 16.5. The molecule has 4 aliphatic rings. The lowest BCUT2D eigenvalue weighted by atomic mass is 10.0. The summed E-state index contributed by atoms with van der Waals surface area (Å²) >= 11 is 0. The van der Waals surface area contributed by atoms with Crippen LogP contribution in [-0.2, 0) is 31.9 Å². The average Bonchev–Trinajstić information content (AvgIpc) is 3.87. The first kappa shape index (κ1) is 37.9. The van der Waals surface area contributed by atoms with Gasteiger partial charge < -0.3 is 39.9 Å². The van der Waals surface area contributed by atoms with Crippen LogP contribution >= 0.6 is 0 Å². The van der Waals surface area contributed by atoms with Gasteiger partial charge in [0.25, 0.3) is 0 Å². The van der Waals surface area contributed by atoms with E-state index in [4.69, 9.17) is 19.4 Å². The van der Waals surface area contributed by atoms with Crippen molar-refractivity contribution in [2.45, 2.75) is 102 Å². The number of nitrogens with one attached hydrogen (secondary N) is 4. The fraction of sp³-hybridized carbons (Fsp3) is 0.500. The third-order valence-corrected chi connectivity index (χ3v) is 12.9. The van der Waals surface area contributed by atoms with Crippen LogP contribution in [0.4, 0.5) is 9.59 Å². The minimum absolute atomic E-state index is 0.0877. The van der Waals surface area contributed by atoms with Gasteiger partial charge in [-0.2, -0.15) is 0 Å². The van der Waals surface area contributed by atoms with E-state index in [0.29, 0.717) is 11.8 Å². The molecule has 0 spiro atoms. The van der Waals surface area contributed by atoms with Gasteiger partial charge in [-0.05, 0) is 96.9 Å². The molecule has 14 heteroatoms. The maximum Gasteiger partial charge on any atom is 0.407 e. The molecule has 2 aliphatic carbocycles. The number of aromatic nitrogens is 4. The van der Waals surface area contributed by atoms with Gasteiger partial charge in [0.15, 0.2) is 0 Å². The van der Waals surface area contributed by atoms with E-state index in [9.17, 15) is 19.2 Å².